The number of carbonyl (C=O) groups is 1. The van der Waals surface area contributed by atoms with Crippen molar-refractivity contribution in [1.29, 1.82) is 0 Å². The Bertz CT molecular complexity index is 612. The molecule has 2 aromatic rings. The number of rotatable bonds is 7. The molecule has 0 unspecified atom stereocenters. The number of aromatic nitrogens is 4. The molecule has 1 N–H and O–H groups in total. The maximum absolute atomic E-state index is 12.0. The fraction of sp³-hybridized carbons (Fsp3) is 0.429. The third kappa shape index (κ3) is 4.73. The van der Waals surface area contributed by atoms with Crippen LogP contribution in [0.15, 0.2) is 29.4 Å². The van der Waals surface area contributed by atoms with E-state index in [1.165, 1.54) is 11.8 Å². The van der Waals surface area contributed by atoms with Gasteiger partial charge in [0.15, 0.2) is 0 Å². The fourth-order valence-corrected chi connectivity index (χ4v) is 2.45. The zero-order valence-corrected chi connectivity index (χ0v) is 13.6. The van der Waals surface area contributed by atoms with Crippen molar-refractivity contribution in [2.24, 2.45) is 5.92 Å². The van der Waals surface area contributed by atoms with Gasteiger partial charge in [-0.15, -0.1) is 5.10 Å². The summed E-state index contributed by atoms with van der Waals surface area (Å²) in [7, 11) is 1.60. The van der Waals surface area contributed by atoms with Crippen molar-refractivity contribution in [1.82, 2.24) is 20.2 Å². The molecule has 2 rings (SSSR count). The molecule has 1 aromatic heterocycles. The van der Waals surface area contributed by atoms with Crippen molar-refractivity contribution in [3.8, 4) is 5.75 Å². The zero-order valence-electron chi connectivity index (χ0n) is 12.8. The second-order valence-corrected chi connectivity index (χ2v) is 6.05. The molecule has 0 atom stereocenters. The molecule has 0 bridgehead atoms. The van der Waals surface area contributed by atoms with Crippen LogP contribution in [-0.4, -0.2) is 39.0 Å². The molecule has 0 aliphatic rings. The lowest BCUT2D eigenvalue weighted by molar-refractivity contribution is -0.113. The van der Waals surface area contributed by atoms with E-state index in [0.29, 0.717) is 11.1 Å². The van der Waals surface area contributed by atoms with Gasteiger partial charge in [-0.25, -0.2) is 4.68 Å². The first-order valence-corrected chi connectivity index (χ1v) is 7.90. The maximum Gasteiger partial charge on any atom is 0.234 e. The van der Waals surface area contributed by atoms with E-state index in [1.807, 2.05) is 0 Å². The summed E-state index contributed by atoms with van der Waals surface area (Å²) in [6, 6.07) is 7.19. The lowest BCUT2D eigenvalue weighted by atomic mass is 10.2. The van der Waals surface area contributed by atoms with Gasteiger partial charge in [0, 0.05) is 12.2 Å². The Morgan fingerprint density at radius 3 is 2.73 bits per heavy atom. The van der Waals surface area contributed by atoms with E-state index in [9.17, 15) is 4.79 Å². The molecule has 0 saturated carbocycles. The number of nitrogens with one attached hydrogen (secondary N) is 1. The molecule has 0 aliphatic carbocycles. The molecule has 1 aromatic carbocycles. The molecule has 7 nitrogen and oxygen atoms in total. The molecule has 0 fully saturated rings. The Labute approximate surface area is 133 Å². The van der Waals surface area contributed by atoms with Gasteiger partial charge < -0.3 is 10.1 Å². The number of methoxy groups -OCH3 is 1. The van der Waals surface area contributed by atoms with Crippen molar-refractivity contribution in [3.05, 3.63) is 24.3 Å². The van der Waals surface area contributed by atoms with Crippen molar-refractivity contribution in [2.75, 3.05) is 18.2 Å². The summed E-state index contributed by atoms with van der Waals surface area (Å²) in [6.45, 7) is 4.91. The lowest BCUT2D eigenvalue weighted by Crippen LogP contribution is -2.15. The van der Waals surface area contributed by atoms with Gasteiger partial charge in [0.2, 0.25) is 11.1 Å². The van der Waals surface area contributed by atoms with Crippen LogP contribution >= 0.6 is 11.8 Å². The van der Waals surface area contributed by atoms with Crippen molar-refractivity contribution in [3.63, 3.8) is 0 Å². The van der Waals surface area contributed by atoms with Crippen LogP contribution in [0.1, 0.15) is 13.8 Å². The Balaban J connectivity index is 1.86. The molecule has 1 amide bonds. The summed E-state index contributed by atoms with van der Waals surface area (Å²) in [6.07, 6.45) is 0. The van der Waals surface area contributed by atoms with Gasteiger partial charge >= 0.3 is 0 Å². The Morgan fingerprint density at radius 2 is 2.09 bits per heavy atom. The SMILES string of the molecule is COc1ccc(NC(=O)CSc2nnnn2CC(C)C)cc1. The van der Waals surface area contributed by atoms with Gasteiger partial charge in [-0.2, -0.15) is 0 Å². The van der Waals surface area contributed by atoms with E-state index in [1.54, 1.807) is 36.1 Å². The summed E-state index contributed by atoms with van der Waals surface area (Å²) < 4.78 is 6.79. The predicted molar refractivity (Wildman–Crippen MR) is 85.0 cm³/mol. The number of anilines is 1. The third-order valence-corrected chi connectivity index (χ3v) is 3.70. The normalized spacial score (nSPS) is 10.7. The van der Waals surface area contributed by atoms with Crippen molar-refractivity contribution >= 4 is 23.4 Å². The Morgan fingerprint density at radius 1 is 1.36 bits per heavy atom. The van der Waals surface area contributed by atoms with Crippen LogP contribution in [0, 0.1) is 5.92 Å². The molecular formula is C14H19N5O2S. The number of carbonyl (C=O) groups excluding carboxylic acids is 1. The van der Waals surface area contributed by atoms with Gasteiger partial charge in [0.1, 0.15) is 5.75 Å². The quantitative estimate of drug-likeness (QED) is 0.786. The molecule has 22 heavy (non-hydrogen) atoms. The molecule has 0 saturated heterocycles. The van der Waals surface area contributed by atoms with E-state index < -0.39 is 0 Å². The van der Waals surface area contributed by atoms with Crippen LogP contribution in [-0.2, 0) is 11.3 Å². The van der Waals surface area contributed by atoms with Crippen LogP contribution in [0.4, 0.5) is 5.69 Å². The number of hydrogen-bond donors (Lipinski definition) is 1. The first-order chi connectivity index (χ1) is 10.6. The van der Waals surface area contributed by atoms with Crippen LogP contribution < -0.4 is 10.1 Å². The second kappa shape index (κ2) is 7.79. The topological polar surface area (TPSA) is 81.9 Å². The zero-order chi connectivity index (χ0) is 15.9. The average Bonchev–Trinajstić information content (AvgIpc) is 2.92. The minimum Gasteiger partial charge on any atom is -0.497 e. The van der Waals surface area contributed by atoms with Crippen LogP contribution in [0.5, 0.6) is 5.75 Å². The predicted octanol–water partition coefficient (Wildman–Crippen LogP) is 2.07. The number of ether oxygens (including phenoxy) is 1. The summed E-state index contributed by atoms with van der Waals surface area (Å²) >= 11 is 1.32. The van der Waals surface area contributed by atoms with E-state index in [2.05, 4.69) is 34.7 Å². The van der Waals surface area contributed by atoms with Crippen LogP contribution in [0.25, 0.3) is 0 Å². The number of benzene rings is 1. The molecule has 0 radical (unpaired) electrons. The Hall–Kier alpha value is -2.09. The number of tetrazole rings is 1. The first kappa shape index (κ1) is 16.3. The summed E-state index contributed by atoms with van der Waals surface area (Å²) in [5, 5.41) is 15.0. The highest BCUT2D eigenvalue weighted by Gasteiger charge is 2.11. The van der Waals surface area contributed by atoms with Crippen molar-refractivity contribution in [2.45, 2.75) is 25.5 Å². The number of thioether (sulfide) groups is 1. The maximum atomic E-state index is 12.0. The first-order valence-electron chi connectivity index (χ1n) is 6.91. The molecule has 1 heterocycles. The summed E-state index contributed by atoms with van der Waals surface area (Å²) in [5.74, 6) is 1.34. The van der Waals surface area contributed by atoms with Crippen LogP contribution in [0.2, 0.25) is 0 Å². The van der Waals surface area contributed by atoms with E-state index >= 15 is 0 Å². The average molecular weight is 321 g/mol. The van der Waals surface area contributed by atoms with E-state index in [4.69, 9.17) is 4.74 Å². The molecular weight excluding hydrogens is 302 g/mol. The van der Waals surface area contributed by atoms with Gasteiger partial charge in [0.25, 0.3) is 0 Å². The monoisotopic (exact) mass is 321 g/mol. The van der Waals surface area contributed by atoms with Gasteiger partial charge in [-0.05, 0) is 40.6 Å². The highest BCUT2D eigenvalue weighted by molar-refractivity contribution is 7.99. The molecule has 8 heteroatoms. The molecule has 0 aliphatic heterocycles. The highest BCUT2D eigenvalue weighted by atomic mass is 32.2. The van der Waals surface area contributed by atoms with Gasteiger partial charge in [-0.3, -0.25) is 4.79 Å². The minimum atomic E-state index is -0.103. The fourth-order valence-electron chi connectivity index (χ4n) is 1.76. The van der Waals surface area contributed by atoms with Crippen molar-refractivity contribution < 1.29 is 9.53 Å². The van der Waals surface area contributed by atoms with Gasteiger partial charge in [-0.1, -0.05) is 25.6 Å². The van der Waals surface area contributed by atoms with E-state index in [0.717, 1.165) is 18.0 Å². The molecule has 0 spiro atoms. The second-order valence-electron chi connectivity index (χ2n) is 5.10. The van der Waals surface area contributed by atoms with Crippen LogP contribution in [0.3, 0.4) is 0 Å². The smallest absolute Gasteiger partial charge is 0.234 e. The summed E-state index contributed by atoms with van der Waals surface area (Å²) in [4.78, 5) is 12.0. The number of amides is 1. The van der Waals surface area contributed by atoms with Gasteiger partial charge in [0.05, 0.1) is 12.9 Å². The molecule has 118 valence electrons. The standard InChI is InChI=1S/C14H19N5O2S/c1-10(2)8-19-14(16-17-18-19)22-9-13(20)15-11-4-6-12(21-3)7-5-11/h4-7,10H,8-9H2,1-3H3,(H,15,20). The largest absolute Gasteiger partial charge is 0.497 e. The minimum absolute atomic E-state index is 0.103. The number of nitrogens with zero attached hydrogens (tertiary/aromatic N) is 4. The third-order valence-electron chi connectivity index (χ3n) is 2.74. The van der Waals surface area contributed by atoms with E-state index in [-0.39, 0.29) is 11.7 Å². The lowest BCUT2D eigenvalue weighted by Gasteiger charge is -2.07. The number of hydrogen-bond acceptors (Lipinski definition) is 6. The Kier molecular flexibility index (Phi) is 5.76. The summed E-state index contributed by atoms with van der Waals surface area (Å²) in [5.41, 5.74) is 0.730. The highest BCUT2D eigenvalue weighted by Crippen LogP contribution is 2.17.